The first-order chi connectivity index (χ1) is 12.8. The third-order valence-corrected chi connectivity index (χ3v) is 4.51. The molecule has 0 unspecified atom stereocenters. The van der Waals surface area contributed by atoms with Crippen LogP contribution in [-0.4, -0.2) is 26.8 Å². The second-order valence-electron chi connectivity index (χ2n) is 7.37. The maximum atomic E-state index is 12.3. The molecule has 2 rings (SSSR count). The molecule has 146 valence electrons. The first-order valence-corrected chi connectivity index (χ1v) is 9.39. The van der Waals surface area contributed by atoms with E-state index in [2.05, 4.69) is 31.2 Å². The van der Waals surface area contributed by atoms with Crippen molar-refractivity contribution in [3.05, 3.63) is 46.8 Å². The molecule has 2 aromatic rings. The highest BCUT2D eigenvalue weighted by Gasteiger charge is 2.14. The van der Waals surface area contributed by atoms with E-state index < -0.39 is 5.97 Å². The van der Waals surface area contributed by atoms with Gasteiger partial charge in [-0.15, -0.1) is 0 Å². The summed E-state index contributed by atoms with van der Waals surface area (Å²) in [4.78, 5) is 23.0. The van der Waals surface area contributed by atoms with Crippen molar-refractivity contribution in [2.24, 2.45) is 5.92 Å². The number of benzene rings is 1. The monoisotopic (exact) mass is 371 g/mol. The lowest BCUT2D eigenvalue weighted by Crippen LogP contribution is -2.13. The minimum absolute atomic E-state index is 0.0548. The molecule has 0 radical (unpaired) electrons. The number of rotatable bonds is 9. The van der Waals surface area contributed by atoms with Crippen LogP contribution in [0.5, 0.6) is 0 Å². The van der Waals surface area contributed by atoms with Gasteiger partial charge in [0.15, 0.2) is 0 Å². The van der Waals surface area contributed by atoms with Gasteiger partial charge < -0.3 is 10.4 Å². The van der Waals surface area contributed by atoms with Crippen LogP contribution in [0, 0.1) is 19.8 Å². The van der Waals surface area contributed by atoms with Gasteiger partial charge in [-0.3, -0.25) is 14.3 Å². The fourth-order valence-corrected chi connectivity index (χ4v) is 3.14. The number of carboxylic acids is 1. The standard InChI is InChI=1S/C21H29N3O3/c1-14(2)13-24-16(4)19(15(3)23-24)9-10-20(25)22-18-7-5-6-17(12-18)8-11-21(26)27/h5-7,12,14H,8-11,13H2,1-4H3,(H,22,25)(H,26,27). The Labute approximate surface area is 160 Å². The van der Waals surface area contributed by atoms with Crippen LogP contribution in [0.25, 0.3) is 0 Å². The Morgan fingerprint density at radius 1 is 1.19 bits per heavy atom. The van der Waals surface area contributed by atoms with Gasteiger partial charge in [0.25, 0.3) is 0 Å². The number of aromatic nitrogens is 2. The number of aryl methyl sites for hydroxylation is 2. The molecular weight excluding hydrogens is 342 g/mol. The van der Waals surface area contributed by atoms with E-state index in [1.165, 1.54) is 0 Å². The van der Waals surface area contributed by atoms with Crippen molar-refractivity contribution in [3.63, 3.8) is 0 Å². The molecule has 0 saturated carbocycles. The summed E-state index contributed by atoms with van der Waals surface area (Å²) in [6.07, 6.45) is 1.57. The molecule has 0 aliphatic carbocycles. The highest BCUT2D eigenvalue weighted by atomic mass is 16.4. The number of hydrogen-bond acceptors (Lipinski definition) is 3. The van der Waals surface area contributed by atoms with Crippen molar-refractivity contribution in [3.8, 4) is 0 Å². The number of aliphatic carboxylic acids is 1. The first kappa shape index (κ1) is 20.7. The van der Waals surface area contributed by atoms with Crippen molar-refractivity contribution in [1.29, 1.82) is 0 Å². The number of hydrogen-bond donors (Lipinski definition) is 2. The van der Waals surface area contributed by atoms with E-state index >= 15 is 0 Å². The minimum Gasteiger partial charge on any atom is -0.481 e. The Kier molecular flexibility index (Phi) is 7.16. The summed E-state index contributed by atoms with van der Waals surface area (Å²) in [5.41, 5.74) is 4.85. The van der Waals surface area contributed by atoms with Crippen LogP contribution in [0.4, 0.5) is 5.69 Å². The van der Waals surface area contributed by atoms with Crippen LogP contribution in [-0.2, 0) is 29.0 Å². The van der Waals surface area contributed by atoms with Crippen LogP contribution in [0.3, 0.4) is 0 Å². The summed E-state index contributed by atoms with van der Waals surface area (Å²) in [5, 5.41) is 16.3. The normalized spacial score (nSPS) is 11.0. The summed E-state index contributed by atoms with van der Waals surface area (Å²) in [7, 11) is 0. The van der Waals surface area contributed by atoms with Gasteiger partial charge in [-0.2, -0.15) is 5.10 Å². The van der Waals surface area contributed by atoms with E-state index in [4.69, 9.17) is 5.11 Å². The van der Waals surface area contributed by atoms with E-state index in [0.717, 1.165) is 29.1 Å². The van der Waals surface area contributed by atoms with Gasteiger partial charge in [0.1, 0.15) is 0 Å². The highest BCUT2D eigenvalue weighted by Crippen LogP contribution is 2.18. The van der Waals surface area contributed by atoms with Gasteiger partial charge in [-0.1, -0.05) is 26.0 Å². The summed E-state index contributed by atoms with van der Waals surface area (Å²) in [5.74, 6) is -0.360. The zero-order chi connectivity index (χ0) is 20.0. The number of nitrogens with one attached hydrogen (secondary N) is 1. The third kappa shape index (κ3) is 6.24. The molecule has 27 heavy (non-hydrogen) atoms. The van der Waals surface area contributed by atoms with E-state index in [1.807, 2.05) is 35.9 Å². The first-order valence-electron chi connectivity index (χ1n) is 9.39. The SMILES string of the molecule is Cc1nn(CC(C)C)c(C)c1CCC(=O)Nc1cccc(CCC(=O)O)c1. The van der Waals surface area contributed by atoms with Gasteiger partial charge in [0, 0.05) is 30.8 Å². The molecule has 0 saturated heterocycles. The molecule has 0 bridgehead atoms. The van der Waals surface area contributed by atoms with Crippen molar-refractivity contribution in [2.45, 2.75) is 59.9 Å². The fourth-order valence-electron chi connectivity index (χ4n) is 3.14. The van der Waals surface area contributed by atoms with Crippen molar-refractivity contribution in [1.82, 2.24) is 9.78 Å². The van der Waals surface area contributed by atoms with E-state index in [1.54, 1.807) is 0 Å². The van der Waals surface area contributed by atoms with Gasteiger partial charge in [-0.25, -0.2) is 0 Å². The maximum Gasteiger partial charge on any atom is 0.303 e. The smallest absolute Gasteiger partial charge is 0.303 e. The highest BCUT2D eigenvalue weighted by molar-refractivity contribution is 5.90. The number of carbonyl (C=O) groups is 2. The molecule has 0 aliphatic rings. The zero-order valence-electron chi connectivity index (χ0n) is 16.6. The van der Waals surface area contributed by atoms with E-state index in [-0.39, 0.29) is 12.3 Å². The predicted octanol–water partition coefficient (Wildman–Crippen LogP) is 3.74. The average molecular weight is 371 g/mol. The Morgan fingerprint density at radius 2 is 1.93 bits per heavy atom. The van der Waals surface area contributed by atoms with Crippen molar-refractivity contribution < 1.29 is 14.7 Å². The number of carbonyl (C=O) groups excluding carboxylic acids is 1. The lowest BCUT2D eigenvalue weighted by Gasteiger charge is -2.09. The molecule has 0 atom stereocenters. The molecule has 1 amide bonds. The quantitative estimate of drug-likeness (QED) is 0.703. The van der Waals surface area contributed by atoms with Gasteiger partial charge >= 0.3 is 5.97 Å². The maximum absolute atomic E-state index is 12.3. The fraction of sp³-hybridized carbons (Fsp3) is 0.476. The molecule has 2 N–H and O–H groups in total. The molecule has 0 fully saturated rings. The van der Waals surface area contributed by atoms with Gasteiger partial charge in [0.2, 0.25) is 5.91 Å². The second-order valence-corrected chi connectivity index (χ2v) is 7.37. The lowest BCUT2D eigenvalue weighted by molar-refractivity contribution is -0.137. The Balaban J connectivity index is 1.94. The lowest BCUT2D eigenvalue weighted by atomic mass is 10.1. The molecule has 0 spiro atoms. The molecule has 6 heteroatoms. The predicted molar refractivity (Wildman–Crippen MR) is 106 cm³/mol. The summed E-state index contributed by atoms with van der Waals surface area (Å²) in [6.45, 7) is 9.24. The molecule has 1 aromatic carbocycles. The average Bonchev–Trinajstić information content (AvgIpc) is 2.84. The van der Waals surface area contributed by atoms with Crippen LogP contribution in [0.15, 0.2) is 24.3 Å². The van der Waals surface area contributed by atoms with Crippen LogP contribution in [0.2, 0.25) is 0 Å². The Morgan fingerprint density at radius 3 is 2.59 bits per heavy atom. The summed E-state index contributed by atoms with van der Waals surface area (Å²) < 4.78 is 2.03. The van der Waals surface area contributed by atoms with Crippen LogP contribution in [0.1, 0.15) is 49.2 Å². The van der Waals surface area contributed by atoms with Crippen LogP contribution >= 0.6 is 0 Å². The van der Waals surface area contributed by atoms with Crippen LogP contribution < -0.4 is 5.32 Å². The number of anilines is 1. The second kappa shape index (κ2) is 9.35. The largest absolute Gasteiger partial charge is 0.481 e. The van der Waals surface area contributed by atoms with Crippen molar-refractivity contribution >= 4 is 17.6 Å². The van der Waals surface area contributed by atoms with Gasteiger partial charge in [0.05, 0.1) is 5.69 Å². The van der Waals surface area contributed by atoms with E-state index in [9.17, 15) is 9.59 Å². The Bertz CT molecular complexity index is 809. The van der Waals surface area contributed by atoms with Gasteiger partial charge in [-0.05, 0) is 55.9 Å². The summed E-state index contributed by atoms with van der Waals surface area (Å²) >= 11 is 0. The minimum atomic E-state index is -0.826. The van der Waals surface area contributed by atoms with Crippen molar-refractivity contribution in [2.75, 3.05) is 5.32 Å². The number of amides is 1. The molecule has 1 aromatic heterocycles. The Hall–Kier alpha value is -2.63. The number of carboxylic acid groups (broad SMARTS) is 1. The molecule has 1 heterocycles. The van der Waals surface area contributed by atoms with E-state index in [0.29, 0.717) is 30.9 Å². The topological polar surface area (TPSA) is 84.2 Å². The molecular formula is C21H29N3O3. The number of nitrogens with zero attached hydrogens (tertiary/aromatic N) is 2. The summed E-state index contributed by atoms with van der Waals surface area (Å²) in [6, 6.07) is 7.35. The third-order valence-electron chi connectivity index (χ3n) is 4.51. The zero-order valence-corrected chi connectivity index (χ0v) is 16.6. The molecule has 0 aliphatic heterocycles. The molecule has 6 nitrogen and oxygen atoms in total.